The number of nitrogens with zero attached hydrogens (tertiary/aromatic N) is 2. The molecule has 0 saturated carbocycles. The van der Waals surface area contributed by atoms with Crippen LogP contribution in [0.25, 0.3) is 83.1 Å². The molecule has 10 aromatic carbocycles. The Balaban J connectivity index is 1.18. The Bertz CT molecular complexity index is 3300. The molecule has 0 N–H and O–H groups in total. The highest BCUT2D eigenvalue weighted by Crippen LogP contribution is 2.48. The number of fused-ring (bicyclic) bond motifs is 3. The van der Waals surface area contributed by atoms with E-state index in [2.05, 4.69) is 264 Å². The van der Waals surface area contributed by atoms with Crippen LogP contribution in [-0.4, -0.2) is 4.57 Å². The van der Waals surface area contributed by atoms with Gasteiger partial charge in [0.1, 0.15) is 0 Å². The van der Waals surface area contributed by atoms with Gasteiger partial charge in [0.2, 0.25) is 0 Å². The first kappa shape index (κ1) is 36.8. The maximum Gasteiger partial charge on any atom is 0.0561 e. The molecule has 2 nitrogen and oxygen atoms in total. The lowest BCUT2D eigenvalue weighted by atomic mass is 9.93. The van der Waals surface area contributed by atoms with Gasteiger partial charge < -0.3 is 9.47 Å². The summed E-state index contributed by atoms with van der Waals surface area (Å²) in [6, 6.07) is 92.2. The topological polar surface area (TPSA) is 8.17 Å². The van der Waals surface area contributed by atoms with Gasteiger partial charge in [-0.2, -0.15) is 0 Å². The second kappa shape index (κ2) is 16.1. The summed E-state index contributed by atoms with van der Waals surface area (Å²) in [6.45, 7) is 0. The van der Waals surface area contributed by atoms with Gasteiger partial charge in [0.25, 0.3) is 0 Å². The van der Waals surface area contributed by atoms with Crippen LogP contribution in [0.2, 0.25) is 0 Å². The average molecular weight is 791 g/mol. The number of rotatable bonds is 9. The lowest BCUT2D eigenvalue weighted by molar-refractivity contribution is 1.18. The fraction of sp³-hybridized carbons (Fsp3) is 0. The van der Waals surface area contributed by atoms with E-state index < -0.39 is 0 Å². The number of benzene rings is 10. The summed E-state index contributed by atoms with van der Waals surface area (Å²) in [4.78, 5) is 2.48. The highest BCUT2D eigenvalue weighted by atomic mass is 15.1. The summed E-state index contributed by atoms with van der Waals surface area (Å²) < 4.78 is 2.41. The second-order valence-corrected chi connectivity index (χ2v) is 15.7. The molecule has 0 unspecified atom stereocenters. The van der Waals surface area contributed by atoms with Gasteiger partial charge in [-0.3, -0.25) is 0 Å². The standard InChI is InChI=1S/C60H42N2/c1-6-18-43(19-7-1)45-30-32-46(33-31-45)50-35-39-59(56(41-50)48-24-12-4-13-25-48)62(58-38-34-49(44-20-8-2-9-21-44)40-55(58)47-22-10-3-11-23-47)52-36-37-54-53-28-16-17-29-57(53)61(60(54)42-52)51-26-14-5-15-27-51/h1-42H. The Morgan fingerprint density at radius 3 is 1.18 bits per heavy atom. The first-order valence-electron chi connectivity index (χ1n) is 21.3. The average Bonchev–Trinajstić information content (AvgIpc) is 3.69. The summed E-state index contributed by atoms with van der Waals surface area (Å²) in [7, 11) is 0. The molecule has 0 aliphatic carbocycles. The van der Waals surface area contributed by atoms with Crippen LogP contribution < -0.4 is 4.90 Å². The van der Waals surface area contributed by atoms with Gasteiger partial charge in [-0.15, -0.1) is 0 Å². The van der Waals surface area contributed by atoms with Crippen molar-refractivity contribution in [2.45, 2.75) is 0 Å². The van der Waals surface area contributed by atoms with Crippen molar-refractivity contribution in [2.24, 2.45) is 0 Å². The zero-order valence-corrected chi connectivity index (χ0v) is 34.1. The predicted octanol–water partition coefficient (Wildman–Crippen LogP) is 16.6. The molecule has 0 saturated heterocycles. The van der Waals surface area contributed by atoms with Crippen LogP contribution in [0.5, 0.6) is 0 Å². The van der Waals surface area contributed by atoms with Crippen LogP contribution in [0.1, 0.15) is 0 Å². The van der Waals surface area contributed by atoms with E-state index in [1.54, 1.807) is 0 Å². The number of para-hydroxylation sites is 2. The Kier molecular flexibility index (Phi) is 9.57. The molecule has 0 bridgehead atoms. The van der Waals surface area contributed by atoms with E-state index in [-0.39, 0.29) is 0 Å². The fourth-order valence-electron chi connectivity index (χ4n) is 9.00. The normalized spacial score (nSPS) is 11.2. The minimum atomic E-state index is 1.07. The van der Waals surface area contributed by atoms with Crippen molar-refractivity contribution in [2.75, 3.05) is 4.90 Å². The van der Waals surface area contributed by atoms with E-state index in [0.29, 0.717) is 0 Å². The summed E-state index contributed by atoms with van der Waals surface area (Å²) in [5, 5.41) is 2.45. The molecule has 11 aromatic rings. The molecule has 11 rings (SSSR count). The summed E-state index contributed by atoms with van der Waals surface area (Å²) in [5.41, 5.74) is 18.4. The van der Waals surface area contributed by atoms with Crippen molar-refractivity contribution in [1.82, 2.24) is 4.57 Å². The van der Waals surface area contributed by atoms with Crippen LogP contribution in [0.3, 0.4) is 0 Å². The molecule has 292 valence electrons. The largest absolute Gasteiger partial charge is 0.309 e. The maximum absolute atomic E-state index is 2.48. The SMILES string of the molecule is c1ccc(-c2ccc(-c3ccc(N(c4ccc5c6ccccc6n(-c6ccccc6)c5c4)c4ccc(-c5ccccc5)cc4-c4ccccc4)c(-c4ccccc4)c3)cc2)cc1. The van der Waals surface area contributed by atoms with Crippen molar-refractivity contribution in [3.8, 4) is 61.3 Å². The molecule has 2 heteroatoms. The Labute approximate surface area is 362 Å². The van der Waals surface area contributed by atoms with E-state index in [1.165, 1.54) is 44.1 Å². The minimum absolute atomic E-state index is 1.07. The van der Waals surface area contributed by atoms with Crippen molar-refractivity contribution in [1.29, 1.82) is 0 Å². The van der Waals surface area contributed by atoms with Crippen molar-refractivity contribution < 1.29 is 0 Å². The van der Waals surface area contributed by atoms with Gasteiger partial charge in [0, 0.05) is 33.3 Å². The van der Waals surface area contributed by atoms with E-state index >= 15 is 0 Å². The van der Waals surface area contributed by atoms with Gasteiger partial charge in [-0.1, -0.05) is 200 Å². The maximum atomic E-state index is 2.48. The lowest BCUT2D eigenvalue weighted by Gasteiger charge is -2.31. The van der Waals surface area contributed by atoms with Gasteiger partial charge in [-0.05, 0) is 99.1 Å². The second-order valence-electron chi connectivity index (χ2n) is 15.7. The van der Waals surface area contributed by atoms with Crippen molar-refractivity contribution in [3.63, 3.8) is 0 Å². The molecule has 0 aliphatic rings. The third-order valence-electron chi connectivity index (χ3n) is 12.0. The molecule has 0 radical (unpaired) electrons. The zero-order valence-electron chi connectivity index (χ0n) is 34.1. The highest BCUT2D eigenvalue weighted by Gasteiger charge is 2.24. The van der Waals surface area contributed by atoms with Gasteiger partial charge in [0.05, 0.1) is 22.4 Å². The molecule has 1 aromatic heterocycles. The van der Waals surface area contributed by atoms with Crippen LogP contribution >= 0.6 is 0 Å². The number of hydrogen-bond donors (Lipinski definition) is 0. The quantitative estimate of drug-likeness (QED) is 0.141. The molecular formula is C60H42N2. The first-order chi connectivity index (χ1) is 30.8. The van der Waals surface area contributed by atoms with E-state index in [4.69, 9.17) is 0 Å². The molecule has 1 heterocycles. The molecule has 0 atom stereocenters. The summed E-state index contributed by atoms with van der Waals surface area (Å²) in [5.74, 6) is 0. The van der Waals surface area contributed by atoms with Gasteiger partial charge in [-0.25, -0.2) is 0 Å². The molecule has 62 heavy (non-hydrogen) atoms. The van der Waals surface area contributed by atoms with Crippen LogP contribution in [0, 0.1) is 0 Å². The molecular weight excluding hydrogens is 749 g/mol. The zero-order chi connectivity index (χ0) is 41.2. The summed E-state index contributed by atoms with van der Waals surface area (Å²) >= 11 is 0. The lowest BCUT2D eigenvalue weighted by Crippen LogP contribution is -2.13. The third kappa shape index (κ3) is 6.84. The summed E-state index contributed by atoms with van der Waals surface area (Å²) in [6.07, 6.45) is 0. The van der Waals surface area contributed by atoms with E-state index in [9.17, 15) is 0 Å². The number of hydrogen-bond acceptors (Lipinski definition) is 1. The molecule has 0 amide bonds. The molecule has 0 aliphatic heterocycles. The van der Waals surface area contributed by atoms with Crippen molar-refractivity contribution in [3.05, 3.63) is 255 Å². The Morgan fingerprint density at radius 1 is 0.258 bits per heavy atom. The molecule has 0 fully saturated rings. The number of aromatic nitrogens is 1. The molecule has 0 spiro atoms. The minimum Gasteiger partial charge on any atom is -0.309 e. The van der Waals surface area contributed by atoms with Crippen LogP contribution in [0.15, 0.2) is 255 Å². The van der Waals surface area contributed by atoms with Crippen LogP contribution in [0.4, 0.5) is 17.1 Å². The highest BCUT2D eigenvalue weighted by molar-refractivity contribution is 6.11. The van der Waals surface area contributed by atoms with Gasteiger partial charge in [0.15, 0.2) is 0 Å². The first-order valence-corrected chi connectivity index (χ1v) is 21.3. The van der Waals surface area contributed by atoms with Gasteiger partial charge >= 0.3 is 0 Å². The van der Waals surface area contributed by atoms with Crippen molar-refractivity contribution >= 4 is 38.9 Å². The third-order valence-corrected chi connectivity index (χ3v) is 12.0. The van der Waals surface area contributed by atoms with E-state index in [1.807, 2.05) is 0 Å². The predicted molar refractivity (Wildman–Crippen MR) is 263 cm³/mol. The fourth-order valence-corrected chi connectivity index (χ4v) is 9.00. The Hall–Kier alpha value is -8.20. The smallest absolute Gasteiger partial charge is 0.0561 e. The monoisotopic (exact) mass is 790 g/mol. The van der Waals surface area contributed by atoms with Crippen LogP contribution in [-0.2, 0) is 0 Å². The van der Waals surface area contributed by atoms with E-state index in [0.717, 1.165) is 56.1 Å². The number of anilines is 3. The Morgan fingerprint density at radius 2 is 0.645 bits per heavy atom.